The van der Waals surface area contributed by atoms with Gasteiger partial charge in [-0.25, -0.2) is 4.39 Å². The Morgan fingerprint density at radius 3 is 2.48 bits per heavy atom. The summed E-state index contributed by atoms with van der Waals surface area (Å²) in [4.78, 5) is 6.59. The number of hydrogen-bond donors (Lipinski definition) is 2. The van der Waals surface area contributed by atoms with Gasteiger partial charge in [0, 0.05) is 38.9 Å². The quantitative estimate of drug-likeness (QED) is 0.287. The number of anilines is 1. The van der Waals surface area contributed by atoms with Gasteiger partial charge in [-0.05, 0) is 41.8 Å². The number of halogens is 2. The molecule has 0 fully saturated rings. The molecule has 1 heterocycles. The van der Waals surface area contributed by atoms with Gasteiger partial charge in [-0.3, -0.25) is 4.99 Å². The molecule has 0 bridgehead atoms. The molecule has 0 saturated heterocycles. The third-order valence-electron chi connectivity index (χ3n) is 4.40. The molecule has 0 unspecified atom stereocenters. The summed E-state index contributed by atoms with van der Waals surface area (Å²) in [5, 5.41) is 6.64. The Morgan fingerprint density at radius 2 is 1.78 bits per heavy atom. The van der Waals surface area contributed by atoms with E-state index in [4.69, 9.17) is 0 Å². The summed E-state index contributed by atoms with van der Waals surface area (Å²) in [5.74, 6) is 0.562. The third-order valence-corrected chi connectivity index (χ3v) is 4.40. The molecule has 2 N–H and O–H groups in total. The fraction of sp³-hybridized carbons (Fsp3) is 0.286. The summed E-state index contributed by atoms with van der Waals surface area (Å²) in [6, 6.07) is 15.2. The van der Waals surface area contributed by atoms with Crippen molar-refractivity contribution in [2.75, 3.05) is 31.6 Å². The number of guanidine groups is 1. The summed E-state index contributed by atoms with van der Waals surface area (Å²) in [7, 11) is 1.76. The van der Waals surface area contributed by atoms with Gasteiger partial charge in [-0.15, -0.1) is 24.0 Å². The van der Waals surface area contributed by atoms with E-state index >= 15 is 0 Å². The zero-order valence-corrected chi connectivity index (χ0v) is 17.8. The topological polar surface area (TPSA) is 39.7 Å². The molecule has 1 aliphatic rings. The second-order valence-corrected chi connectivity index (χ2v) is 6.28. The highest BCUT2D eigenvalue weighted by Crippen LogP contribution is 2.18. The number of benzene rings is 2. The molecule has 0 spiro atoms. The predicted octanol–water partition coefficient (Wildman–Crippen LogP) is 3.73. The van der Waals surface area contributed by atoms with Gasteiger partial charge in [0.2, 0.25) is 0 Å². The van der Waals surface area contributed by atoms with E-state index in [2.05, 4.69) is 56.9 Å². The van der Waals surface area contributed by atoms with Crippen LogP contribution in [0.3, 0.4) is 0 Å². The van der Waals surface area contributed by atoms with Crippen molar-refractivity contribution in [1.82, 2.24) is 10.6 Å². The van der Waals surface area contributed by atoms with Crippen molar-refractivity contribution >= 4 is 35.6 Å². The molecule has 0 saturated carbocycles. The van der Waals surface area contributed by atoms with Crippen molar-refractivity contribution in [3.05, 3.63) is 77.6 Å². The minimum atomic E-state index is -0.203. The summed E-state index contributed by atoms with van der Waals surface area (Å²) in [6.07, 6.45) is 5.20. The number of aliphatic imine (C=N–C) groups is 1. The van der Waals surface area contributed by atoms with Crippen LogP contribution in [0.2, 0.25) is 0 Å². The number of hydrogen-bond acceptors (Lipinski definition) is 2. The maximum Gasteiger partial charge on any atom is 0.191 e. The highest BCUT2D eigenvalue weighted by atomic mass is 127. The molecule has 0 radical (unpaired) electrons. The fourth-order valence-corrected chi connectivity index (χ4v) is 2.93. The Kier molecular flexibility index (Phi) is 8.57. The third kappa shape index (κ3) is 6.53. The van der Waals surface area contributed by atoms with Crippen molar-refractivity contribution in [3.8, 4) is 0 Å². The van der Waals surface area contributed by atoms with Crippen LogP contribution in [-0.4, -0.2) is 32.6 Å². The van der Waals surface area contributed by atoms with E-state index in [1.165, 1.54) is 23.4 Å². The van der Waals surface area contributed by atoms with Crippen molar-refractivity contribution in [2.24, 2.45) is 4.99 Å². The van der Waals surface area contributed by atoms with Crippen LogP contribution in [0.5, 0.6) is 0 Å². The lowest BCUT2D eigenvalue weighted by molar-refractivity contribution is 0.626. The first-order chi connectivity index (χ1) is 12.7. The van der Waals surface area contributed by atoms with Crippen LogP contribution in [0.1, 0.15) is 11.1 Å². The van der Waals surface area contributed by atoms with Crippen molar-refractivity contribution in [1.29, 1.82) is 0 Å². The van der Waals surface area contributed by atoms with Gasteiger partial charge in [0.1, 0.15) is 5.82 Å². The van der Waals surface area contributed by atoms with Crippen LogP contribution in [0.25, 0.3) is 0 Å². The zero-order chi connectivity index (χ0) is 18.2. The van der Waals surface area contributed by atoms with E-state index in [-0.39, 0.29) is 29.8 Å². The van der Waals surface area contributed by atoms with E-state index < -0.39 is 0 Å². The van der Waals surface area contributed by atoms with Crippen LogP contribution in [0, 0.1) is 5.82 Å². The maximum absolute atomic E-state index is 12.9. The van der Waals surface area contributed by atoms with E-state index in [0.29, 0.717) is 6.54 Å². The smallest absolute Gasteiger partial charge is 0.191 e. The van der Waals surface area contributed by atoms with E-state index in [1.807, 2.05) is 12.1 Å². The van der Waals surface area contributed by atoms with Gasteiger partial charge < -0.3 is 15.5 Å². The molecule has 0 aromatic heterocycles. The molecule has 2 aromatic carbocycles. The molecule has 0 amide bonds. The first-order valence-corrected chi connectivity index (χ1v) is 8.92. The molecule has 3 rings (SSSR count). The first kappa shape index (κ1) is 21.2. The second-order valence-electron chi connectivity index (χ2n) is 6.28. The SMILES string of the molecule is CN=C(NCCc1ccc(F)cc1)NCc1cccc(N2CC=CC2)c1.I. The number of rotatable bonds is 6. The van der Waals surface area contributed by atoms with Crippen molar-refractivity contribution in [2.45, 2.75) is 13.0 Å². The standard InChI is InChI=1S/C21H25FN4.HI/c1-23-21(24-12-11-17-7-9-19(22)10-8-17)25-16-18-5-4-6-20(15-18)26-13-2-3-14-26;/h2-10,15H,11-14,16H2,1H3,(H2,23,24,25);1H. The van der Waals surface area contributed by atoms with Gasteiger partial charge in [0.25, 0.3) is 0 Å². The molecule has 6 heteroatoms. The van der Waals surface area contributed by atoms with E-state index in [1.54, 1.807) is 7.05 Å². The van der Waals surface area contributed by atoms with Gasteiger partial charge in [-0.1, -0.05) is 36.4 Å². The predicted molar refractivity (Wildman–Crippen MR) is 122 cm³/mol. The lowest BCUT2D eigenvalue weighted by Gasteiger charge is -2.19. The van der Waals surface area contributed by atoms with Crippen LogP contribution < -0.4 is 15.5 Å². The van der Waals surface area contributed by atoms with Crippen molar-refractivity contribution < 1.29 is 4.39 Å². The summed E-state index contributed by atoms with van der Waals surface area (Å²) < 4.78 is 12.9. The lowest BCUT2D eigenvalue weighted by Crippen LogP contribution is -2.37. The molecule has 144 valence electrons. The average Bonchev–Trinajstić information content (AvgIpc) is 3.21. The summed E-state index contributed by atoms with van der Waals surface area (Å²) >= 11 is 0. The Morgan fingerprint density at radius 1 is 1.04 bits per heavy atom. The lowest BCUT2D eigenvalue weighted by atomic mass is 10.1. The minimum Gasteiger partial charge on any atom is -0.364 e. The Labute approximate surface area is 177 Å². The molecule has 0 atom stereocenters. The molecule has 2 aromatic rings. The van der Waals surface area contributed by atoms with E-state index in [0.717, 1.165) is 37.6 Å². The molecule has 1 aliphatic heterocycles. The zero-order valence-electron chi connectivity index (χ0n) is 15.5. The molecule has 27 heavy (non-hydrogen) atoms. The van der Waals surface area contributed by atoms with Gasteiger partial charge >= 0.3 is 0 Å². The van der Waals surface area contributed by atoms with Gasteiger partial charge in [0.05, 0.1) is 0 Å². The Balaban J connectivity index is 0.00000261. The second kappa shape index (κ2) is 10.9. The molecule has 0 aliphatic carbocycles. The van der Waals surface area contributed by atoms with Crippen molar-refractivity contribution in [3.63, 3.8) is 0 Å². The van der Waals surface area contributed by atoms with Crippen LogP contribution >= 0.6 is 24.0 Å². The van der Waals surface area contributed by atoms with E-state index in [9.17, 15) is 4.39 Å². The van der Waals surface area contributed by atoms with Crippen LogP contribution in [0.4, 0.5) is 10.1 Å². The molecular weight excluding hydrogens is 454 g/mol. The Hall–Kier alpha value is -2.09. The largest absolute Gasteiger partial charge is 0.364 e. The highest BCUT2D eigenvalue weighted by Gasteiger charge is 2.08. The fourth-order valence-electron chi connectivity index (χ4n) is 2.93. The van der Waals surface area contributed by atoms with Crippen LogP contribution in [-0.2, 0) is 13.0 Å². The normalized spacial score (nSPS) is 13.4. The number of nitrogens with one attached hydrogen (secondary N) is 2. The van der Waals surface area contributed by atoms with Gasteiger partial charge in [0.15, 0.2) is 5.96 Å². The first-order valence-electron chi connectivity index (χ1n) is 8.92. The monoisotopic (exact) mass is 480 g/mol. The highest BCUT2D eigenvalue weighted by molar-refractivity contribution is 14.0. The summed E-state index contributed by atoms with van der Waals surface area (Å²) in [6.45, 7) is 3.41. The average molecular weight is 480 g/mol. The number of nitrogens with zero attached hydrogens (tertiary/aromatic N) is 2. The molecule has 4 nitrogen and oxygen atoms in total. The Bertz CT molecular complexity index is 766. The van der Waals surface area contributed by atoms with Crippen LogP contribution in [0.15, 0.2) is 65.7 Å². The van der Waals surface area contributed by atoms with Gasteiger partial charge in [-0.2, -0.15) is 0 Å². The summed E-state index contributed by atoms with van der Waals surface area (Å²) in [5.41, 5.74) is 3.56. The minimum absolute atomic E-state index is 0. The molecular formula is C21H26FIN4. The maximum atomic E-state index is 12.9.